The van der Waals surface area contributed by atoms with Crippen molar-refractivity contribution in [1.82, 2.24) is 0 Å². The van der Waals surface area contributed by atoms with Gasteiger partial charge in [0.05, 0.1) is 5.88 Å². The lowest BCUT2D eigenvalue weighted by Gasteiger charge is -1.80. The molecule has 1 radical (unpaired) electrons. The largest absolute Gasteiger partial charge is 0.121 e. The van der Waals surface area contributed by atoms with Crippen LogP contribution in [0.25, 0.3) is 0 Å². The fourth-order valence-electron chi connectivity index (χ4n) is 0.480. The van der Waals surface area contributed by atoms with Crippen LogP contribution in [0.2, 0.25) is 0 Å². The summed E-state index contributed by atoms with van der Waals surface area (Å²) in [6.45, 7) is 0. The first kappa shape index (κ1) is 4.45. The number of halogens is 1. The van der Waals surface area contributed by atoms with E-state index >= 15 is 0 Å². The summed E-state index contributed by atoms with van der Waals surface area (Å²) in [5.41, 5.74) is 0. The quantitative estimate of drug-likeness (QED) is 0.503. The first-order valence-electron chi connectivity index (χ1n) is 2.35. The van der Waals surface area contributed by atoms with Gasteiger partial charge in [-0.05, 0) is 12.3 Å². The highest BCUT2D eigenvalue weighted by Gasteiger charge is 2.19. The fraction of sp³-hybridized carbons (Fsp3) is 0.800. The maximum atomic E-state index is 5.31. The van der Waals surface area contributed by atoms with Gasteiger partial charge in [-0.2, -0.15) is 0 Å². The lowest BCUT2D eigenvalue weighted by molar-refractivity contribution is 0.848. The summed E-state index contributed by atoms with van der Waals surface area (Å²) in [7, 11) is 0. The third-order valence-corrected chi connectivity index (χ3v) is 1.30. The third-order valence-electron chi connectivity index (χ3n) is 1.12. The summed E-state index contributed by atoms with van der Waals surface area (Å²) in [5, 5.41) is 0. The van der Waals surface area contributed by atoms with E-state index in [1.165, 1.54) is 12.8 Å². The van der Waals surface area contributed by atoms with E-state index in [9.17, 15) is 0 Å². The molecule has 1 fully saturated rings. The molecule has 0 unspecified atom stereocenters. The topological polar surface area (TPSA) is 0 Å². The first-order chi connectivity index (χ1) is 2.93. The zero-order chi connectivity index (χ0) is 4.41. The molecule has 0 aromatic rings. The lowest BCUT2D eigenvalue weighted by atomic mass is 10.3. The molecule has 0 N–H and O–H groups in total. The molecule has 0 nitrogen and oxygen atoms in total. The molecule has 0 aromatic carbocycles. The highest BCUT2D eigenvalue weighted by atomic mass is 35.5. The van der Waals surface area contributed by atoms with Gasteiger partial charge in [0.25, 0.3) is 0 Å². The Morgan fingerprint density at radius 1 is 1.67 bits per heavy atom. The molecular weight excluding hydrogens is 95.5 g/mol. The second kappa shape index (κ2) is 1.83. The van der Waals surface area contributed by atoms with Crippen molar-refractivity contribution in [3.63, 3.8) is 0 Å². The highest BCUT2D eigenvalue weighted by molar-refractivity contribution is 6.23. The van der Waals surface area contributed by atoms with Crippen LogP contribution in [0.3, 0.4) is 0 Å². The maximum Gasteiger partial charge on any atom is 0.0502 e. The van der Waals surface area contributed by atoms with E-state index in [4.69, 9.17) is 11.6 Å². The maximum absolute atomic E-state index is 5.31. The van der Waals surface area contributed by atoms with Crippen LogP contribution in [0, 0.1) is 11.8 Å². The molecule has 0 atom stereocenters. The average Bonchev–Trinajstić information content (AvgIpc) is 2.21. The zero-order valence-corrected chi connectivity index (χ0v) is 4.41. The smallest absolute Gasteiger partial charge is 0.0502 e. The number of rotatable bonds is 2. The van der Waals surface area contributed by atoms with Gasteiger partial charge in [0, 0.05) is 0 Å². The molecule has 0 spiro atoms. The fourth-order valence-corrected chi connectivity index (χ4v) is 0.732. The molecule has 1 heteroatoms. The van der Waals surface area contributed by atoms with Gasteiger partial charge in [-0.3, -0.25) is 0 Å². The third kappa shape index (κ3) is 1.17. The monoisotopic (exact) mass is 103 g/mol. The van der Waals surface area contributed by atoms with Crippen molar-refractivity contribution in [2.75, 3.05) is 0 Å². The Kier molecular flexibility index (Phi) is 1.36. The van der Waals surface area contributed by atoms with Gasteiger partial charge in [0.15, 0.2) is 0 Å². The Morgan fingerprint density at radius 3 is 2.50 bits per heavy atom. The van der Waals surface area contributed by atoms with E-state index < -0.39 is 0 Å². The van der Waals surface area contributed by atoms with Crippen molar-refractivity contribution < 1.29 is 0 Å². The molecule has 0 bridgehead atoms. The van der Waals surface area contributed by atoms with Crippen LogP contribution in [0.5, 0.6) is 0 Å². The molecule has 0 aliphatic heterocycles. The Bertz CT molecular complexity index is 39.2. The Hall–Kier alpha value is 0.290. The van der Waals surface area contributed by atoms with Gasteiger partial charge >= 0.3 is 0 Å². The Morgan fingerprint density at radius 2 is 2.33 bits per heavy atom. The summed E-state index contributed by atoms with van der Waals surface area (Å²) < 4.78 is 0. The molecule has 0 aromatic heterocycles. The minimum absolute atomic E-state index is 0.961. The minimum atomic E-state index is 0.961. The van der Waals surface area contributed by atoms with Gasteiger partial charge in [-0.15, -0.1) is 11.6 Å². The average molecular weight is 104 g/mol. The summed E-state index contributed by atoms with van der Waals surface area (Å²) in [6.07, 6.45) is 3.94. The molecule has 0 amide bonds. The van der Waals surface area contributed by atoms with Crippen LogP contribution in [-0.2, 0) is 0 Å². The Balaban J connectivity index is 1.88. The van der Waals surface area contributed by atoms with Crippen LogP contribution >= 0.6 is 11.6 Å². The molecular formula is C5H8Cl. The molecule has 35 valence electrons. The van der Waals surface area contributed by atoms with E-state index in [0.717, 1.165) is 12.3 Å². The molecule has 1 rings (SSSR count). The number of hydrogen-bond acceptors (Lipinski definition) is 0. The van der Waals surface area contributed by atoms with E-state index in [2.05, 4.69) is 0 Å². The molecule has 6 heavy (non-hydrogen) atoms. The standard InChI is InChI=1S/C5H8Cl/c6-4-3-5-1-2-5/h4-5H,1-3H2. The first-order valence-corrected chi connectivity index (χ1v) is 2.79. The second-order valence-corrected chi connectivity index (χ2v) is 2.14. The summed E-state index contributed by atoms with van der Waals surface area (Å²) in [5.74, 6) is 2.69. The van der Waals surface area contributed by atoms with Gasteiger partial charge in [0.2, 0.25) is 0 Å². The van der Waals surface area contributed by atoms with Gasteiger partial charge in [-0.1, -0.05) is 12.8 Å². The number of hydrogen-bond donors (Lipinski definition) is 0. The van der Waals surface area contributed by atoms with E-state index in [1.807, 2.05) is 0 Å². The van der Waals surface area contributed by atoms with Gasteiger partial charge < -0.3 is 0 Å². The molecule has 0 heterocycles. The van der Waals surface area contributed by atoms with E-state index in [0.29, 0.717) is 0 Å². The minimum Gasteiger partial charge on any atom is -0.121 e. The van der Waals surface area contributed by atoms with Crippen molar-refractivity contribution in [2.24, 2.45) is 5.92 Å². The second-order valence-electron chi connectivity index (χ2n) is 1.83. The lowest BCUT2D eigenvalue weighted by Crippen LogP contribution is -1.66. The van der Waals surface area contributed by atoms with Crippen LogP contribution < -0.4 is 0 Å². The van der Waals surface area contributed by atoms with Gasteiger partial charge in [-0.25, -0.2) is 0 Å². The summed E-state index contributed by atoms with van der Waals surface area (Å²) in [4.78, 5) is 0. The predicted molar refractivity (Wildman–Crippen MR) is 27.5 cm³/mol. The van der Waals surface area contributed by atoms with Crippen molar-refractivity contribution >= 4 is 11.6 Å². The summed E-state index contributed by atoms with van der Waals surface area (Å²) in [6, 6.07) is 0. The SMILES string of the molecule is Cl[CH]CC1CC1. The zero-order valence-electron chi connectivity index (χ0n) is 3.65. The normalized spacial score (nSPS) is 21.5. The highest BCUT2D eigenvalue weighted by Crippen LogP contribution is 2.33. The van der Waals surface area contributed by atoms with Crippen LogP contribution in [0.4, 0.5) is 0 Å². The summed E-state index contributed by atoms with van der Waals surface area (Å²) >= 11 is 5.31. The molecule has 0 saturated heterocycles. The molecule has 1 saturated carbocycles. The van der Waals surface area contributed by atoms with Crippen molar-refractivity contribution in [3.05, 3.63) is 5.88 Å². The molecule has 1 aliphatic rings. The van der Waals surface area contributed by atoms with Crippen LogP contribution in [0.15, 0.2) is 0 Å². The van der Waals surface area contributed by atoms with E-state index in [1.54, 1.807) is 5.88 Å². The van der Waals surface area contributed by atoms with Crippen molar-refractivity contribution in [1.29, 1.82) is 0 Å². The van der Waals surface area contributed by atoms with Crippen LogP contribution in [0.1, 0.15) is 19.3 Å². The van der Waals surface area contributed by atoms with Crippen molar-refractivity contribution in [3.8, 4) is 0 Å². The van der Waals surface area contributed by atoms with Crippen molar-refractivity contribution in [2.45, 2.75) is 19.3 Å². The molecule has 1 aliphatic carbocycles. The predicted octanol–water partition coefficient (Wildman–Crippen LogP) is 2.19. The Labute approximate surface area is 43.5 Å². The van der Waals surface area contributed by atoms with Crippen LogP contribution in [-0.4, -0.2) is 0 Å². The van der Waals surface area contributed by atoms with E-state index in [-0.39, 0.29) is 0 Å². The van der Waals surface area contributed by atoms with Gasteiger partial charge in [0.1, 0.15) is 0 Å².